The van der Waals surface area contributed by atoms with Gasteiger partial charge in [-0.2, -0.15) is 0 Å². The van der Waals surface area contributed by atoms with Gasteiger partial charge in [0, 0.05) is 23.2 Å². The Kier molecular flexibility index (Phi) is 10.9. The molecule has 0 bridgehead atoms. The van der Waals surface area contributed by atoms with Crippen LogP contribution in [0.2, 0.25) is 0 Å². The summed E-state index contributed by atoms with van der Waals surface area (Å²) in [4.78, 5) is 27.4. The van der Waals surface area contributed by atoms with Crippen molar-refractivity contribution in [3.63, 3.8) is 0 Å². The Bertz CT molecular complexity index is 1800. The molecular formula is C41H44N2O5. The van der Waals surface area contributed by atoms with Crippen molar-refractivity contribution in [1.29, 1.82) is 0 Å². The average molecular weight is 645 g/mol. The summed E-state index contributed by atoms with van der Waals surface area (Å²) >= 11 is 0. The SMILES string of the molecule is C[C@H](Cc1cn(C(=O)OCc2ccccc2)c2ccccc12)NC(=O)[C@@H](c1ccccc1OCc1ccccc1)[C@@H](O)C1CCCCC1. The number of fused-ring (bicyclic) bond motifs is 1. The van der Waals surface area contributed by atoms with Crippen LogP contribution >= 0.6 is 0 Å². The first-order valence-corrected chi connectivity index (χ1v) is 17.0. The van der Waals surface area contributed by atoms with Crippen LogP contribution in [-0.2, 0) is 29.2 Å². The van der Waals surface area contributed by atoms with Crippen molar-refractivity contribution in [2.24, 2.45) is 5.92 Å². The van der Waals surface area contributed by atoms with Crippen LogP contribution in [0.1, 0.15) is 67.2 Å². The molecule has 5 aromatic rings. The van der Waals surface area contributed by atoms with E-state index in [0.29, 0.717) is 24.3 Å². The number of rotatable bonds is 12. The van der Waals surface area contributed by atoms with Crippen LogP contribution in [0.4, 0.5) is 4.79 Å². The smallest absolute Gasteiger partial charge is 0.418 e. The number of nitrogens with one attached hydrogen (secondary N) is 1. The van der Waals surface area contributed by atoms with E-state index in [1.165, 1.54) is 4.57 Å². The average Bonchev–Trinajstić information content (AvgIpc) is 3.49. The third-order valence-electron chi connectivity index (χ3n) is 9.36. The zero-order valence-corrected chi connectivity index (χ0v) is 27.5. The maximum Gasteiger partial charge on any atom is 0.418 e. The molecule has 1 saturated carbocycles. The summed E-state index contributed by atoms with van der Waals surface area (Å²) in [5, 5.41) is 16.0. The van der Waals surface area contributed by atoms with Gasteiger partial charge in [-0.3, -0.25) is 9.36 Å². The Morgan fingerprint density at radius 3 is 2.17 bits per heavy atom. The monoisotopic (exact) mass is 644 g/mol. The number of ether oxygens (including phenoxy) is 2. The molecule has 6 rings (SSSR count). The van der Waals surface area contributed by atoms with Crippen LogP contribution in [-0.4, -0.2) is 33.8 Å². The largest absolute Gasteiger partial charge is 0.489 e. The molecule has 248 valence electrons. The van der Waals surface area contributed by atoms with Gasteiger partial charge in [-0.25, -0.2) is 4.79 Å². The second-order valence-corrected chi connectivity index (χ2v) is 12.9. The number of hydrogen-bond donors (Lipinski definition) is 2. The molecule has 3 atom stereocenters. The first kappa shape index (κ1) is 33.0. The Labute approximate surface area is 282 Å². The van der Waals surface area contributed by atoms with E-state index in [4.69, 9.17) is 9.47 Å². The van der Waals surface area contributed by atoms with Crippen LogP contribution < -0.4 is 10.1 Å². The third kappa shape index (κ3) is 7.97. The Balaban J connectivity index is 1.21. The molecule has 7 heteroatoms. The van der Waals surface area contributed by atoms with Crippen LogP contribution in [0.25, 0.3) is 10.9 Å². The standard InChI is InChI=1S/C41H44N2O5/c1-29(25-33-26-43(36-23-13-11-21-34(33)36)41(46)48-28-31-17-7-3-8-18-31)42-40(45)38(39(44)32-19-9-4-10-20-32)35-22-12-14-24-37(35)47-27-30-15-5-2-6-16-30/h2-3,5-8,11-18,21-24,26,29,32,38-39,44H,4,9-10,19-20,25,27-28H2,1H3,(H,42,45)/t29-,38+,39+/m1/s1. The number of carbonyl (C=O) groups is 2. The number of aliphatic hydroxyl groups excluding tert-OH is 1. The molecule has 0 radical (unpaired) electrons. The topological polar surface area (TPSA) is 89.8 Å². The highest BCUT2D eigenvalue weighted by atomic mass is 16.5. The molecule has 1 aromatic heterocycles. The van der Waals surface area contributed by atoms with E-state index in [9.17, 15) is 14.7 Å². The second-order valence-electron chi connectivity index (χ2n) is 12.9. The van der Waals surface area contributed by atoms with Crippen molar-refractivity contribution in [2.75, 3.05) is 0 Å². The van der Waals surface area contributed by atoms with Gasteiger partial charge in [0.1, 0.15) is 19.0 Å². The number of aromatic nitrogens is 1. The minimum atomic E-state index is -0.847. The number of aliphatic hydroxyl groups is 1. The van der Waals surface area contributed by atoms with Crippen molar-refractivity contribution in [3.8, 4) is 5.75 Å². The summed E-state index contributed by atoms with van der Waals surface area (Å²) in [7, 11) is 0. The number of amides is 1. The summed E-state index contributed by atoms with van der Waals surface area (Å²) in [6.07, 6.45) is 6.04. The highest BCUT2D eigenvalue weighted by Crippen LogP contribution is 2.37. The quantitative estimate of drug-likeness (QED) is 0.143. The Morgan fingerprint density at radius 2 is 1.44 bits per heavy atom. The van der Waals surface area contributed by atoms with Gasteiger partial charge >= 0.3 is 6.09 Å². The summed E-state index contributed by atoms with van der Waals surface area (Å²) in [6.45, 7) is 2.49. The third-order valence-corrected chi connectivity index (χ3v) is 9.36. The molecule has 0 unspecified atom stereocenters. The molecule has 7 nitrogen and oxygen atoms in total. The lowest BCUT2D eigenvalue weighted by molar-refractivity contribution is -0.127. The van der Waals surface area contributed by atoms with E-state index in [1.807, 2.05) is 122 Å². The maximum absolute atomic E-state index is 14.2. The fourth-order valence-electron chi connectivity index (χ4n) is 6.90. The van der Waals surface area contributed by atoms with Crippen LogP contribution in [0.15, 0.2) is 115 Å². The van der Waals surface area contributed by atoms with Gasteiger partial charge in [0.15, 0.2) is 0 Å². The Hall–Kier alpha value is -4.88. The predicted octanol–water partition coefficient (Wildman–Crippen LogP) is 8.18. The lowest BCUT2D eigenvalue weighted by atomic mass is 9.77. The van der Waals surface area contributed by atoms with Gasteiger partial charge < -0.3 is 19.9 Å². The highest BCUT2D eigenvalue weighted by Gasteiger charge is 2.37. The summed E-state index contributed by atoms with van der Waals surface area (Å²) in [5.41, 5.74) is 4.30. The number of nitrogens with zero attached hydrogens (tertiary/aromatic N) is 1. The predicted molar refractivity (Wildman–Crippen MR) is 188 cm³/mol. The van der Waals surface area contributed by atoms with E-state index < -0.39 is 18.1 Å². The summed E-state index contributed by atoms with van der Waals surface area (Å²) in [5.74, 6) is -0.396. The zero-order chi connectivity index (χ0) is 33.3. The number of benzene rings is 4. The zero-order valence-electron chi connectivity index (χ0n) is 27.5. The lowest BCUT2D eigenvalue weighted by Gasteiger charge is -2.33. The molecule has 0 saturated heterocycles. The van der Waals surface area contributed by atoms with Gasteiger partial charge in [0.2, 0.25) is 5.91 Å². The van der Waals surface area contributed by atoms with Crippen molar-refractivity contribution < 1.29 is 24.2 Å². The fraction of sp³-hybridized carbons (Fsp3) is 0.317. The summed E-state index contributed by atoms with van der Waals surface area (Å²) in [6, 6.07) is 34.5. The molecule has 1 heterocycles. The molecule has 1 aliphatic carbocycles. The molecule has 0 aliphatic heterocycles. The molecule has 1 amide bonds. The van der Waals surface area contributed by atoms with E-state index in [-0.39, 0.29) is 24.5 Å². The van der Waals surface area contributed by atoms with E-state index in [2.05, 4.69) is 5.32 Å². The van der Waals surface area contributed by atoms with Crippen LogP contribution in [0.3, 0.4) is 0 Å². The fourth-order valence-corrected chi connectivity index (χ4v) is 6.90. The number of hydrogen-bond acceptors (Lipinski definition) is 5. The van der Waals surface area contributed by atoms with Crippen LogP contribution in [0, 0.1) is 5.92 Å². The van der Waals surface area contributed by atoms with Gasteiger partial charge in [-0.1, -0.05) is 116 Å². The number of para-hydroxylation sites is 2. The van der Waals surface area contributed by atoms with Gasteiger partial charge in [-0.05, 0) is 60.9 Å². The first-order valence-electron chi connectivity index (χ1n) is 17.0. The Morgan fingerprint density at radius 1 is 0.812 bits per heavy atom. The van der Waals surface area contributed by atoms with Gasteiger partial charge in [0.25, 0.3) is 0 Å². The second kappa shape index (κ2) is 15.8. The molecular weight excluding hydrogens is 600 g/mol. The molecule has 0 spiro atoms. The van der Waals surface area contributed by atoms with Crippen molar-refractivity contribution in [3.05, 3.63) is 138 Å². The van der Waals surface area contributed by atoms with Crippen LogP contribution in [0.5, 0.6) is 5.75 Å². The minimum Gasteiger partial charge on any atom is -0.489 e. The maximum atomic E-state index is 14.2. The van der Waals surface area contributed by atoms with Crippen molar-refractivity contribution in [2.45, 2.75) is 76.7 Å². The normalized spacial score (nSPS) is 15.4. The molecule has 1 fully saturated rings. The number of carbonyl (C=O) groups excluding carboxylic acids is 2. The molecule has 4 aromatic carbocycles. The minimum absolute atomic E-state index is 0.0341. The molecule has 1 aliphatic rings. The first-order chi connectivity index (χ1) is 23.5. The van der Waals surface area contributed by atoms with Crippen molar-refractivity contribution >= 4 is 22.9 Å². The van der Waals surface area contributed by atoms with Gasteiger partial charge in [-0.15, -0.1) is 0 Å². The lowest BCUT2D eigenvalue weighted by Crippen LogP contribution is -2.43. The summed E-state index contributed by atoms with van der Waals surface area (Å²) < 4.78 is 13.5. The van der Waals surface area contributed by atoms with E-state index in [1.54, 1.807) is 0 Å². The van der Waals surface area contributed by atoms with E-state index >= 15 is 0 Å². The molecule has 2 N–H and O–H groups in total. The van der Waals surface area contributed by atoms with Gasteiger partial charge in [0.05, 0.1) is 17.5 Å². The highest BCUT2D eigenvalue weighted by molar-refractivity contribution is 5.92. The van der Waals surface area contributed by atoms with Crippen molar-refractivity contribution in [1.82, 2.24) is 9.88 Å². The molecule has 48 heavy (non-hydrogen) atoms. The van der Waals surface area contributed by atoms with E-state index in [0.717, 1.165) is 59.7 Å².